The Hall–Kier alpha value is -0.880. The smallest absolute Gasteiger partial charge is 0.306 e. The first kappa shape index (κ1) is 17.2. The van der Waals surface area contributed by atoms with Crippen LogP contribution in [-0.4, -0.2) is 30.5 Å². The normalized spacial score (nSPS) is 13.4. The standard InChI is InChI=1S/C14H19BrO4S/c1-10(2)20(18,19)8-7-12(14(16)17)9-11-3-5-13(15)6-4-11/h3-6,10,12H,7-9H2,1-2H3,(H,16,17). The van der Waals surface area contributed by atoms with Crippen LogP contribution in [0, 0.1) is 5.92 Å². The van der Waals surface area contributed by atoms with Crippen molar-refractivity contribution in [2.24, 2.45) is 5.92 Å². The Labute approximate surface area is 128 Å². The van der Waals surface area contributed by atoms with Gasteiger partial charge in [-0.3, -0.25) is 4.79 Å². The summed E-state index contributed by atoms with van der Waals surface area (Å²) < 4.78 is 24.4. The van der Waals surface area contributed by atoms with Crippen molar-refractivity contribution in [3.05, 3.63) is 34.3 Å². The minimum atomic E-state index is -3.20. The summed E-state index contributed by atoms with van der Waals surface area (Å²) in [5, 5.41) is 8.75. The number of carboxylic acids is 1. The molecule has 1 N–H and O–H groups in total. The van der Waals surface area contributed by atoms with Gasteiger partial charge in [-0.25, -0.2) is 8.42 Å². The Balaban J connectivity index is 2.71. The van der Waals surface area contributed by atoms with Gasteiger partial charge in [0.1, 0.15) is 0 Å². The summed E-state index contributed by atoms with van der Waals surface area (Å²) in [5.41, 5.74) is 0.891. The molecule has 1 unspecified atom stereocenters. The van der Waals surface area contributed by atoms with Crippen LogP contribution < -0.4 is 0 Å². The maximum absolute atomic E-state index is 11.8. The van der Waals surface area contributed by atoms with Crippen molar-refractivity contribution in [2.45, 2.75) is 31.9 Å². The monoisotopic (exact) mass is 362 g/mol. The largest absolute Gasteiger partial charge is 0.481 e. The number of aliphatic carboxylic acids is 1. The minimum Gasteiger partial charge on any atom is -0.481 e. The van der Waals surface area contributed by atoms with Crippen molar-refractivity contribution >= 4 is 31.7 Å². The van der Waals surface area contributed by atoms with Crippen LogP contribution in [-0.2, 0) is 21.1 Å². The van der Waals surface area contributed by atoms with Crippen LogP contribution in [0.2, 0.25) is 0 Å². The third-order valence-corrected chi connectivity index (χ3v) is 5.98. The number of carboxylic acid groups (broad SMARTS) is 1. The number of sulfone groups is 1. The van der Waals surface area contributed by atoms with Gasteiger partial charge in [-0.2, -0.15) is 0 Å². The molecule has 0 bridgehead atoms. The van der Waals surface area contributed by atoms with Crippen molar-refractivity contribution in [2.75, 3.05) is 5.75 Å². The fraction of sp³-hybridized carbons (Fsp3) is 0.500. The maximum atomic E-state index is 11.8. The van der Waals surface area contributed by atoms with E-state index in [1.807, 2.05) is 24.3 Å². The van der Waals surface area contributed by atoms with Crippen LogP contribution in [0.25, 0.3) is 0 Å². The fourth-order valence-electron chi connectivity index (χ4n) is 1.76. The average molecular weight is 363 g/mol. The Bertz CT molecular complexity index is 549. The molecule has 6 heteroatoms. The second-order valence-corrected chi connectivity index (χ2v) is 8.66. The summed E-state index contributed by atoms with van der Waals surface area (Å²) in [4.78, 5) is 11.3. The van der Waals surface area contributed by atoms with Gasteiger partial charge in [-0.15, -0.1) is 0 Å². The number of hydrogen-bond acceptors (Lipinski definition) is 3. The number of benzene rings is 1. The lowest BCUT2D eigenvalue weighted by atomic mass is 9.97. The fourth-order valence-corrected chi connectivity index (χ4v) is 3.11. The molecular weight excluding hydrogens is 344 g/mol. The van der Waals surface area contributed by atoms with E-state index in [-0.39, 0.29) is 12.2 Å². The zero-order chi connectivity index (χ0) is 15.3. The summed E-state index contributed by atoms with van der Waals surface area (Å²) in [6.07, 6.45) is 0.488. The van der Waals surface area contributed by atoms with Crippen molar-refractivity contribution in [1.82, 2.24) is 0 Å². The Morgan fingerprint density at radius 3 is 2.25 bits per heavy atom. The van der Waals surface area contributed by atoms with E-state index in [9.17, 15) is 18.3 Å². The topological polar surface area (TPSA) is 71.4 Å². The van der Waals surface area contributed by atoms with E-state index in [0.717, 1.165) is 10.0 Å². The highest BCUT2D eigenvalue weighted by Gasteiger charge is 2.23. The summed E-state index contributed by atoms with van der Waals surface area (Å²) >= 11 is 3.32. The molecule has 0 aliphatic carbocycles. The maximum Gasteiger partial charge on any atom is 0.306 e. The first-order valence-corrected chi connectivity index (χ1v) is 8.92. The van der Waals surface area contributed by atoms with Gasteiger partial charge in [-0.05, 0) is 44.4 Å². The Kier molecular flexibility index (Phi) is 6.20. The van der Waals surface area contributed by atoms with Crippen LogP contribution in [0.3, 0.4) is 0 Å². The molecule has 0 aliphatic rings. The van der Waals surface area contributed by atoms with Crippen LogP contribution in [0.5, 0.6) is 0 Å². The van der Waals surface area contributed by atoms with Crippen LogP contribution in [0.15, 0.2) is 28.7 Å². The number of carbonyl (C=O) groups is 1. The molecule has 0 aromatic heterocycles. The van der Waals surface area contributed by atoms with Gasteiger partial charge < -0.3 is 5.11 Å². The molecule has 0 radical (unpaired) electrons. The molecule has 20 heavy (non-hydrogen) atoms. The predicted octanol–water partition coefficient (Wildman–Crippen LogP) is 2.91. The SMILES string of the molecule is CC(C)S(=O)(=O)CCC(Cc1ccc(Br)cc1)C(=O)O. The molecule has 0 heterocycles. The summed E-state index contributed by atoms with van der Waals surface area (Å²) in [6, 6.07) is 7.38. The number of halogens is 1. The molecule has 4 nitrogen and oxygen atoms in total. The lowest BCUT2D eigenvalue weighted by molar-refractivity contribution is -0.141. The van der Waals surface area contributed by atoms with Crippen molar-refractivity contribution < 1.29 is 18.3 Å². The van der Waals surface area contributed by atoms with E-state index in [1.54, 1.807) is 13.8 Å². The van der Waals surface area contributed by atoms with Crippen molar-refractivity contribution in [3.63, 3.8) is 0 Å². The molecule has 0 saturated carbocycles. The first-order chi connectivity index (χ1) is 9.22. The molecule has 112 valence electrons. The van der Waals surface area contributed by atoms with E-state index in [4.69, 9.17) is 0 Å². The van der Waals surface area contributed by atoms with Gasteiger partial charge in [0.25, 0.3) is 0 Å². The van der Waals surface area contributed by atoms with E-state index in [2.05, 4.69) is 15.9 Å². The van der Waals surface area contributed by atoms with Gasteiger partial charge >= 0.3 is 5.97 Å². The third-order valence-electron chi connectivity index (χ3n) is 3.21. The highest BCUT2D eigenvalue weighted by atomic mass is 79.9. The summed E-state index contributed by atoms with van der Waals surface area (Å²) in [6.45, 7) is 3.22. The minimum absolute atomic E-state index is 0.0852. The quantitative estimate of drug-likeness (QED) is 0.809. The lowest BCUT2D eigenvalue weighted by Gasteiger charge is -2.14. The molecule has 0 amide bonds. The molecule has 1 rings (SSSR count). The summed E-state index contributed by atoms with van der Waals surface area (Å²) in [7, 11) is -3.20. The van der Waals surface area contributed by atoms with E-state index in [0.29, 0.717) is 6.42 Å². The second-order valence-electron chi connectivity index (χ2n) is 5.07. The van der Waals surface area contributed by atoms with Gasteiger partial charge in [0.15, 0.2) is 9.84 Å². The highest BCUT2D eigenvalue weighted by molar-refractivity contribution is 9.10. The van der Waals surface area contributed by atoms with Gasteiger partial charge in [0.05, 0.1) is 16.9 Å². The zero-order valence-corrected chi connectivity index (χ0v) is 13.9. The van der Waals surface area contributed by atoms with E-state index < -0.39 is 27.0 Å². The van der Waals surface area contributed by atoms with Crippen LogP contribution in [0.1, 0.15) is 25.8 Å². The number of hydrogen-bond donors (Lipinski definition) is 1. The van der Waals surface area contributed by atoms with Gasteiger partial charge in [-0.1, -0.05) is 28.1 Å². The highest BCUT2D eigenvalue weighted by Crippen LogP contribution is 2.18. The molecule has 1 aromatic rings. The van der Waals surface area contributed by atoms with Gasteiger partial charge in [0.2, 0.25) is 0 Å². The molecule has 0 spiro atoms. The molecule has 0 fully saturated rings. The Morgan fingerprint density at radius 2 is 1.80 bits per heavy atom. The van der Waals surface area contributed by atoms with E-state index >= 15 is 0 Å². The summed E-state index contributed by atoms with van der Waals surface area (Å²) in [5.74, 6) is -1.71. The van der Waals surface area contributed by atoms with Crippen LogP contribution >= 0.6 is 15.9 Å². The molecule has 1 atom stereocenters. The first-order valence-electron chi connectivity index (χ1n) is 6.41. The Morgan fingerprint density at radius 1 is 1.25 bits per heavy atom. The molecule has 0 aliphatic heterocycles. The lowest BCUT2D eigenvalue weighted by Crippen LogP contribution is -2.24. The van der Waals surface area contributed by atoms with Crippen LogP contribution in [0.4, 0.5) is 0 Å². The van der Waals surface area contributed by atoms with Crippen molar-refractivity contribution in [1.29, 1.82) is 0 Å². The van der Waals surface area contributed by atoms with E-state index in [1.165, 1.54) is 0 Å². The molecule has 0 saturated heterocycles. The molecular formula is C14H19BrO4S. The molecule has 1 aromatic carbocycles. The number of rotatable bonds is 7. The van der Waals surface area contributed by atoms with Gasteiger partial charge in [0, 0.05) is 4.47 Å². The predicted molar refractivity (Wildman–Crippen MR) is 82.5 cm³/mol. The second kappa shape index (κ2) is 7.22. The average Bonchev–Trinajstić information content (AvgIpc) is 2.36. The van der Waals surface area contributed by atoms with Crippen molar-refractivity contribution in [3.8, 4) is 0 Å². The third kappa shape index (κ3) is 5.25. The zero-order valence-electron chi connectivity index (χ0n) is 11.5.